The van der Waals surface area contributed by atoms with Crippen LogP contribution in [0, 0.1) is 23.7 Å². The molecule has 36 heavy (non-hydrogen) atoms. The lowest BCUT2D eigenvalue weighted by molar-refractivity contribution is -0.123. The van der Waals surface area contributed by atoms with Crippen molar-refractivity contribution in [3.63, 3.8) is 0 Å². The number of hydrogen-bond acceptors (Lipinski definition) is 6. The van der Waals surface area contributed by atoms with Crippen molar-refractivity contribution in [2.75, 3.05) is 23.4 Å². The molecule has 0 radical (unpaired) electrons. The minimum absolute atomic E-state index is 0.103. The molecule has 3 fully saturated rings. The minimum atomic E-state index is -0.702. The average Bonchev–Trinajstić information content (AvgIpc) is 3.49. The summed E-state index contributed by atoms with van der Waals surface area (Å²) in [7, 11) is 0. The topological polar surface area (TPSA) is 102 Å². The van der Waals surface area contributed by atoms with Gasteiger partial charge >= 0.3 is 5.97 Å². The molecule has 1 saturated heterocycles. The third kappa shape index (κ3) is 4.22. The number of amides is 3. The standard InChI is InChI=1S/C26H24Cl2N2O6/c1-2-35-16-9-5-14(6-10-16)29-19(31)12-36-26(34)13-3-7-15(8-4-13)30-24(32)20-17-11-18(21(20)25(30)33)23(28)22(17)27/h3-10,17-18,20-23H,2,11-12H2,1H3,(H,29,31)/t17-,18-,20-,21-,22-,23+/m1/s1. The summed E-state index contributed by atoms with van der Waals surface area (Å²) in [6.45, 7) is 1.95. The summed E-state index contributed by atoms with van der Waals surface area (Å²) in [6.07, 6.45) is 0.694. The van der Waals surface area contributed by atoms with Crippen LogP contribution >= 0.6 is 23.2 Å². The molecule has 0 aromatic heterocycles. The second-order valence-electron chi connectivity index (χ2n) is 9.14. The van der Waals surface area contributed by atoms with E-state index in [2.05, 4.69) is 5.32 Å². The first-order valence-electron chi connectivity index (χ1n) is 11.8. The first-order chi connectivity index (χ1) is 17.3. The van der Waals surface area contributed by atoms with Gasteiger partial charge in [-0.25, -0.2) is 4.79 Å². The molecule has 10 heteroatoms. The molecule has 2 bridgehead atoms. The molecule has 2 aromatic rings. The van der Waals surface area contributed by atoms with Gasteiger partial charge in [-0.1, -0.05) is 0 Å². The van der Waals surface area contributed by atoms with Gasteiger partial charge in [-0.2, -0.15) is 0 Å². The number of nitrogens with zero attached hydrogens (tertiary/aromatic N) is 1. The number of fused-ring (bicyclic) bond motifs is 5. The number of rotatable bonds is 7. The number of benzene rings is 2. The number of nitrogens with one attached hydrogen (secondary N) is 1. The van der Waals surface area contributed by atoms with Crippen molar-refractivity contribution in [1.29, 1.82) is 0 Å². The monoisotopic (exact) mass is 530 g/mol. The maximum Gasteiger partial charge on any atom is 0.338 e. The van der Waals surface area contributed by atoms with Crippen molar-refractivity contribution in [3.8, 4) is 5.75 Å². The predicted molar refractivity (Wildman–Crippen MR) is 133 cm³/mol. The first kappa shape index (κ1) is 24.6. The van der Waals surface area contributed by atoms with Crippen LogP contribution in [0.15, 0.2) is 48.5 Å². The summed E-state index contributed by atoms with van der Waals surface area (Å²) in [6, 6.07) is 12.8. The van der Waals surface area contributed by atoms with Crippen molar-refractivity contribution < 1.29 is 28.7 Å². The largest absolute Gasteiger partial charge is 0.494 e. The van der Waals surface area contributed by atoms with Crippen LogP contribution in [-0.2, 0) is 19.1 Å². The van der Waals surface area contributed by atoms with Crippen LogP contribution in [0.1, 0.15) is 23.7 Å². The van der Waals surface area contributed by atoms with E-state index in [9.17, 15) is 19.2 Å². The van der Waals surface area contributed by atoms with E-state index in [1.54, 1.807) is 24.3 Å². The molecule has 3 aliphatic rings. The Balaban J connectivity index is 1.18. The van der Waals surface area contributed by atoms with Gasteiger partial charge in [0.25, 0.3) is 5.91 Å². The Morgan fingerprint density at radius 2 is 1.53 bits per heavy atom. The number of anilines is 2. The molecule has 8 nitrogen and oxygen atoms in total. The molecule has 188 valence electrons. The number of carbonyl (C=O) groups excluding carboxylic acids is 4. The number of imide groups is 1. The highest BCUT2D eigenvalue weighted by molar-refractivity contribution is 6.32. The number of halogens is 2. The second-order valence-corrected chi connectivity index (χ2v) is 10.2. The molecule has 6 atom stereocenters. The summed E-state index contributed by atoms with van der Waals surface area (Å²) < 4.78 is 10.5. The van der Waals surface area contributed by atoms with E-state index < -0.39 is 30.3 Å². The molecule has 2 aliphatic carbocycles. The summed E-state index contributed by atoms with van der Waals surface area (Å²) in [5.41, 5.74) is 1.11. The molecule has 0 spiro atoms. The van der Waals surface area contributed by atoms with E-state index in [0.717, 1.165) is 0 Å². The van der Waals surface area contributed by atoms with Crippen molar-refractivity contribution in [1.82, 2.24) is 0 Å². The van der Waals surface area contributed by atoms with E-state index in [-0.39, 0.29) is 40.0 Å². The Morgan fingerprint density at radius 3 is 2.08 bits per heavy atom. The van der Waals surface area contributed by atoms with Gasteiger partial charge < -0.3 is 14.8 Å². The quantitative estimate of drug-likeness (QED) is 0.331. The fourth-order valence-electron chi connectivity index (χ4n) is 5.56. The summed E-state index contributed by atoms with van der Waals surface area (Å²) in [4.78, 5) is 51.9. The average molecular weight is 531 g/mol. The molecule has 1 N–H and O–H groups in total. The fraction of sp³-hybridized carbons (Fsp3) is 0.385. The van der Waals surface area contributed by atoms with E-state index >= 15 is 0 Å². The number of hydrogen-bond donors (Lipinski definition) is 1. The Kier molecular flexibility index (Phi) is 6.66. The molecule has 3 amide bonds. The highest BCUT2D eigenvalue weighted by Gasteiger charge is 2.66. The first-order valence-corrected chi connectivity index (χ1v) is 12.6. The third-order valence-electron chi connectivity index (χ3n) is 7.13. The lowest BCUT2D eigenvalue weighted by Gasteiger charge is -2.28. The van der Waals surface area contributed by atoms with E-state index in [1.807, 2.05) is 6.92 Å². The van der Waals surface area contributed by atoms with Crippen LogP contribution in [0.2, 0.25) is 0 Å². The Labute approximate surface area is 217 Å². The number of carbonyl (C=O) groups is 4. The summed E-state index contributed by atoms with van der Waals surface area (Å²) in [5.74, 6) is -2.15. The van der Waals surface area contributed by atoms with Gasteiger partial charge in [0, 0.05) is 5.69 Å². The summed E-state index contributed by atoms with van der Waals surface area (Å²) in [5, 5.41) is 2.00. The minimum Gasteiger partial charge on any atom is -0.494 e. The van der Waals surface area contributed by atoms with E-state index in [0.29, 0.717) is 30.2 Å². The Morgan fingerprint density at radius 1 is 0.944 bits per heavy atom. The van der Waals surface area contributed by atoms with Gasteiger partial charge in [-0.3, -0.25) is 19.3 Å². The van der Waals surface area contributed by atoms with E-state index in [1.165, 1.54) is 29.2 Å². The molecule has 2 aromatic carbocycles. The van der Waals surface area contributed by atoms with Crippen LogP contribution in [0.4, 0.5) is 11.4 Å². The van der Waals surface area contributed by atoms with Crippen LogP contribution < -0.4 is 15.0 Å². The van der Waals surface area contributed by atoms with E-state index in [4.69, 9.17) is 32.7 Å². The molecule has 5 rings (SSSR count). The van der Waals surface area contributed by atoms with Crippen LogP contribution in [0.3, 0.4) is 0 Å². The van der Waals surface area contributed by atoms with Crippen molar-refractivity contribution in [2.24, 2.45) is 23.7 Å². The zero-order valence-corrected chi connectivity index (χ0v) is 20.9. The highest BCUT2D eigenvalue weighted by Crippen LogP contribution is 2.59. The van der Waals surface area contributed by atoms with Crippen molar-refractivity contribution >= 4 is 58.3 Å². The smallest absolute Gasteiger partial charge is 0.338 e. The number of alkyl halides is 2. The zero-order valence-electron chi connectivity index (χ0n) is 19.4. The van der Waals surface area contributed by atoms with Gasteiger partial charge in [0.1, 0.15) is 5.75 Å². The maximum absolute atomic E-state index is 13.1. The molecule has 1 heterocycles. The highest BCUT2D eigenvalue weighted by atomic mass is 35.5. The maximum atomic E-state index is 13.1. The number of esters is 1. The van der Waals surface area contributed by atoms with Gasteiger partial charge in [0.15, 0.2) is 6.61 Å². The number of ether oxygens (including phenoxy) is 2. The van der Waals surface area contributed by atoms with Crippen LogP contribution in [0.5, 0.6) is 5.75 Å². The second kappa shape index (κ2) is 9.75. The SMILES string of the molecule is CCOc1ccc(NC(=O)COC(=O)c2ccc(N3C(=O)[C@@H]4[C@H]5C[C@@H]([C@@H](Cl)[C@H]5Cl)[C@H]4C3=O)cc2)cc1. The molecule has 0 unspecified atom stereocenters. The van der Waals surface area contributed by atoms with Gasteiger partial charge in [0.2, 0.25) is 11.8 Å². The van der Waals surface area contributed by atoms with Crippen LogP contribution in [0.25, 0.3) is 0 Å². The van der Waals surface area contributed by atoms with Gasteiger partial charge in [-0.05, 0) is 73.7 Å². The van der Waals surface area contributed by atoms with Crippen LogP contribution in [-0.4, -0.2) is 47.7 Å². The zero-order chi connectivity index (χ0) is 25.6. The summed E-state index contributed by atoms with van der Waals surface area (Å²) >= 11 is 12.8. The van der Waals surface area contributed by atoms with Gasteiger partial charge in [0.05, 0.1) is 40.4 Å². The fourth-order valence-corrected chi connectivity index (χ4v) is 6.46. The molecule has 2 saturated carbocycles. The lowest BCUT2D eigenvalue weighted by Crippen LogP contribution is -2.37. The predicted octanol–water partition coefficient (Wildman–Crippen LogP) is 3.85. The normalized spacial score (nSPS) is 28.2. The molecular formula is C26H24Cl2N2O6. The van der Waals surface area contributed by atoms with Crippen molar-refractivity contribution in [2.45, 2.75) is 24.1 Å². The Bertz CT molecular complexity index is 1170. The van der Waals surface area contributed by atoms with Gasteiger partial charge in [-0.15, -0.1) is 23.2 Å². The molecular weight excluding hydrogens is 507 g/mol. The Hall–Kier alpha value is -3.10. The third-order valence-corrected chi connectivity index (χ3v) is 8.45. The molecule has 1 aliphatic heterocycles. The van der Waals surface area contributed by atoms with Crippen molar-refractivity contribution in [3.05, 3.63) is 54.1 Å². The lowest BCUT2D eigenvalue weighted by atomic mass is 9.80.